The maximum absolute atomic E-state index is 12.5. The molecule has 0 amide bonds. The third-order valence-electron chi connectivity index (χ3n) is 2.57. The smallest absolute Gasteiger partial charge is 0.171 e. The lowest BCUT2D eigenvalue weighted by molar-refractivity contribution is -0.322. The van der Waals surface area contributed by atoms with Crippen LogP contribution in [-0.2, 0) is 0 Å². The van der Waals surface area contributed by atoms with Gasteiger partial charge in [0, 0.05) is 6.42 Å². The summed E-state index contributed by atoms with van der Waals surface area (Å²) in [5.41, 5.74) is -4.11. The van der Waals surface area contributed by atoms with Gasteiger partial charge in [-0.3, -0.25) is 0 Å². The van der Waals surface area contributed by atoms with Crippen molar-refractivity contribution in [2.24, 2.45) is 5.41 Å². The van der Waals surface area contributed by atoms with Gasteiger partial charge in [0.25, 0.3) is 0 Å². The van der Waals surface area contributed by atoms with Crippen LogP contribution >= 0.6 is 0 Å². The van der Waals surface area contributed by atoms with Crippen molar-refractivity contribution in [1.82, 2.24) is 0 Å². The maximum atomic E-state index is 12.5. The Hall–Kier alpha value is -0.890. The van der Waals surface area contributed by atoms with E-state index in [2.05, 4.69) is 0 Å². The molecule has 0 aromatic heterocycles. The number of allylic oxidation sites excluding steroid dienone is 2. The molecule has 0 heterocycles. The van der Waals surface area contributed by atoms with Gasteiger partial charge >= 0.3 is 18.5 Å². The summed E-state index contributed by atoms with van der Waals surface area (Å²) in [6.07, 6.45) is -19.5. The second-order valence-corrected chi connectivity index (χ2v) is 3.88. The standard InChI is InChI=1S/C10H11F9/c1-2-7(9(14,15)16,10(17,18)19)5-3-4-6-8(11,12)13/h3,5H,2,4,6H2,1H3/b5-3+. The van der Waals surface area contributed by atoms with E-state index >= 15 is 0 Å². The van der Waals surface area contributed by atoms with Crippen LogP contribution in [0.1, 0.15) is 26.2 Å². The van der Waals surface area contributed by atoms with Crippen LogP contribution in [0.3, 0.4) is 0 Å². The lowest BCUT2D eigenvalue weighted by Crippen LogP contribution is -2.48. The Kier molecular flexibility index (Phi) is 5.36. The quantitative estimate of drug-likeness (QED) is 0.481. The van der Waals surface area contributed by atoms with Crippen LogP contribution in [0.2, 0.25) is 0 Å². The normalized spacial score (nSPS) is 15.3. The van der Waals surface area contributed by atoms with Gasteiger partial charge in [-0.05, 0) is 12.8 Å². The molecule has 0 aliphatic rings. The summed E-state index contributed by atoms with van der Waals surface area (Å²) in [7, 11) is 0. The predicted molar refractivity (Wildman–Crippen MR) is 49.3 cm³/mol. The van der Waals surface area contributed by atoms with Gasteiger partial charge in [0.15, 0.2) is 5.41 Å². The summed E-state index contributed by atoms with van der Waals surface area (Å²) < 4.78 is 110. The first-order valence-electron chi connectivity index (χ1n) is 5.15. The third kappa shape index (κ3) is 4.61. The van der Waals surface area contributed by atoms with Crippen molar-refractivity contribution in [1.29, 1.82) is 0 Å². The molecule has 114 valence electrons. The van der Waals surface area contributed by atoms with Crippen LogP contribution in [0.15, 0.2) is 12.2 Å². The third-order valence-corrected chi connectivity index (χ3v) is 2.57. The molecule has 9 heteroatoms. The van der Waals surface area contributed by atoms with Gasteiger partial charge in [-0.2, -0.15) is 39.5 Å². The molecular formula is C10H11F9. The SMILES string of the molecule is CCC(/C=C/CCC(F)(F)F)(C(F)(F)F)C(F)(F)F. The largest absolute Gasteiger partial charge is 0.406 e. The zero-order chi connectivity index (χ0) is 15.5. The summed E-state index contributed by atoms with van der Waals surface area (Å²) in [6, 6.07) is 0. The van der Waals surface area contributed by atoms with Gasteiger partial charge in [0.05, 0.1) is 0 Å². The van der Waals surface area contributed by atoms with Gasteiger partial charge in [-0.15, -0.1) is 0 Å². The Morgan fingerprint density at radius 3 is 1.47 bits per heavy atom. The van der Waals surface area contributed by atoms with E-state index in [-0.39, 0.29) is 12.2 Å². The fraction of sp³-hybridized carbons (Fsp3) is 0.800. The Balaban J connectivity index is 5.15. The topological polar surface area (TPSA) is 0 Å². The van der Waals surface area contributed by atoms with Crippen molar-refractivity contribution in [2.45, 2.75) is 44.7 Å². The molecule has 0 N–H and O–H groups in total. The van der Waals surface area contributed by atoms with Gasteiger partial charge in [0.1, 0.15) is 0 Å². The van der Waals surface area contributed by atoms with E-state index in [1.54, 1.807) is 0 Å². The average molecular weight is 302 g/mol. The van der Waals surface area contributed by atoms with Crippen molar-refractivity contribution in [2.75, 3.05) is 0 Å². The summed E-state index contributed by atoms with van der Waals surface area (Å²) >= 11 is 0. The fourth-order valence-corrected chi connectivity index (χ4v) is 1.40. The highest BCUT2D eigenvalue weighted by atomic mass is 19.4. The van der Waals surface area contributed by atoms with Crippen LogP contribution in [0.5, 0.6) is 0 Å². The summed E-state index contributed by atoms with van der Waals surface area (Å²) in [5, 5.41) is 0. The Bertz CT molecular complexity index is 290. The average Bonchev–Trinajstić information content (AvgIpc) is 2.11. The van der Waals surface area contributed by atoms with Crippen LogP contribution in [0.25, 0.3) is 0 Å². The highest BCUT2D eigenvalue weighted by Crippen LogP contribution is 2.53. The van der Waals surface area contributed by atoms with Gasteiger partial charge in [-0.1, -0.05) is 19.1 Å². The summed E-state index contributed by atoms with van der Waals surface area (Å²) in [5.74, 6) is 0. The number of alkyl halides is 9. The van der Waals surface area contributed by atoms with E-state index in [1.807, 2.05) is 0 Å². The monoisotopic (exact) mass is 302 g/mol. The molecule has 0 radical (unpaired) electrons. The van der Waals surface area contributed by atoms with Crippen LogP contribution in [0.4, 0.5) is 39.5 Å². The molecule has 0 saturated carbocycles. The molecule has 0 fully saturated rings. The molecule has 0 aromatic rings. The molecule has 0 rings (SSSR count). The van der Waals surface area contributed by atoms with Crippen LogP contribution in [0, 0.1) is 5.41 Å². The van der Waals surface area contributed by atoms with Crippen LogP contribution < -0.4 is 0 Å². The van der Waals surface area contributed by atoms with Gasteiger partial charge in [0.2, 0.25) is 0 Å². The van der Waals surface area contributed by atoms with Crippen LogP contribution in [-0.4, -0.2) is 18.5 Å². The molecule has 0 bridgehead atoms. The first kappa shape index (κ1) is 18.1. The number of halogens is 9. The molecular weight excluding hydrogens is 291 g/mol. The zero-order valence-corrected chi connectivity index (χ0v) is 9.68. The lowest BCUT2D eigenvalue weighted by Gasteiger charge is -2.33. The summed E-state index contributed by atoms with van der Waals surface area (Å²) in [6.45, 7) is 0.676. The minimum atomic E-state index is -5.62. The van der Waals surface area contributed by atoms with E-state index in [0.29, 0.717) is 6.92 Å². The Morgan fingerprint density at radius 2 is 1.21 bits per heavy atom. The van der Waals surface area contributed by atoms with Crippen molar-refractivity contribution < 1.29 is 39.5 Å². The highest BCUT2D eigenvalue weighted by molar-refractivity contribution is 5.08. The minimum absolute atomic E-state index is 0.223. The van der Waals surface area contributed by atoms with E-state index in [4.69, 9.17) is 0 Å². The number of hydrogen-bond acceptors (Lipinski definition) is 0. The zero-order valence-electron chi connectivity index (χ0n) is 9.68. The molecule has 0 saturated heterocycles. The summed E-state index contributed by atoms with van der Waals surface area (Å²) in [4.78, 5) is 0. The molecule has 19 heavy (non-hydrogen) atoms. The molecule has 0 aliphatic carbocycles. The number of hydrogen-bond donors (Lipinski definition) is 0. The molecule has 0 aliphatic heterocycles. The van der Waals surface area contributed by atoms with Crippen molar-refractivity contribution in [3.05, 3.63) is 12.2 Å². The first-order valence-corrected chi connectivity index (χ1v) is 5.15. The molecule has 0 nitrogen and oxygen atoms in total. The minimum Gasteiger partial charge on any atom is -0.171 e. The lowest BCUT2D eigenvalue weighted by atomic mass is 9.82. The van der Waals surface area contributed by atoms with Gasteiger partial charge < -0.3 is 0 Å². The van der Waals surface area contributed by atoms with E-state index in [0.717, 1.165) is 0 Å². The Morgan fingerprint density at radius 1 is 0.789 bits per heavy atom. The van der Waals surface area contributed by atoms with Crippen molar-refractivity contribution in [3.63, 3.8) is 0 Å². The predicted octanol–water partition coefficient (Wildman–Crippen LogP) is 5.41. The van der Waals surface area contributed by atoms with Crippen molar-refractivity contribution in [3.8, 4) is 0 Å². The van der Waals surface area contributed by atoms with E-state index in [1.165, 1.54) is 0 Å². The Labute approximate surface area is 103 Å². The first-order chi connectivity index (χ1) is 8.27. The van der Waals surface area contributed by atoms with E-state index in [9.17, 15) is 39.5 Å². The molecule has 0 aromatic carbocycles. The van der Waals surface area contributed by atoms with Crippen molar-refractivity contribution >= 4 is 0 Å². The molecule has 0 spiro atoms. The second-order valence-electron chi connectivity index (χ2n) is 3.88. The fourth-order valence-electron chi connectivity index (χ4n) is 1.40. The second kappa shape index (κ2) is 5.62. The molecule has 0 unspecified atom stereocenters. The highest BCUT2D eigenvalue weighted by Gasteiger charge is 2.67. The number of rotatable bonds is 4. The maximum Gasteiger partial charge on any atom is 0.406 e. The van der Waals surface area contributed by atoms with Gasteiger partial charge in [-0.25, -0.2) is 0 Å². The van der Waals surface area contributed by atoms with E-state index < -0.39 is 43.2 Å². The molecule has 0 atom stereocenters.